The zero-order valence-electron chi connectivity index (χ0n) is 10.7. The van der Waals surface area contributed by atoms with Gasteiger partial charge in [0, 0.05) is 31.2 Å². The van der Waals surface area contributed by atoms with E-state index in [9.17, 15) is 0 Å². The predicted octanol–water partition coefficient (Wildman–Crippen LogP) is 2.10. The van der Waals surface area contributed by atoms with Crippen molar-refractivity contribution in [1.82, 2.24) is 14.8 Å². The molecule has 2 aromatic heterocycles. The number of aryl methyl sites for hydroxylation is 1. The summed E-state index contributed by atoms with van der Waals surface area (Å²) >= 11 is 3.42. The third-order valence-corrected chi connectivity index (χ3v) is 3.82. The van der Waals surface area contributed by atoms with Gasteiger partial charge in [0.25, 0.3) is 11.8 Å². The Bertz CT molecular complexity index is 587. The summed E-state index contributed by atoms with van der Waals surface area (Å²) in [7, 11) is 3.56. The second-order valence-electron chi connectivity index (χ2n) is 4.57. The SMILES string of the molecule is COC1(c2nnc(-c3cc(Br)cn3C)o2)CCOC1. The second kappa shape index (κ2) is 4.73. The number of rotatable bonds is 3. The van der Waals surface area contributed by atoms with Gasteiger partial charge in [-0.3, -0.25) is 0 Å². The van der Waals surface area contributed by atoms with Crippen LogP contribution in [0.1, 0.15) is 12.3 Å². The molecule has 7 heteroatoms. The van der Waals surface area contributed by atoms with Gasteiger partial charge in [-0.25, -0.2) is 0 Å². The zero-order valence-corrected chi connectivity index (χ0v) is 12.3. The van der Waals surface area contributed by atoms with Crippen LogP contribution in [-0.4, -0.2) is 35.1 Å². The summed E-state index contributed by atoms with van der Waals surface area (Å²) in [5.74, 6) is 0.950. The smallest absolute Gasteiger partial charge is 0.264 e. The number of methoxy groups -OCH3 is 1. The van der Waals surface area contributed by atoms with E-state index < -0.39 is 5.60 Å². The first-order chi connectivity index (χ1) is 9.14. The van der Waals surface area contributed by atoms with Crippen LogP contribution in [0.3, 0.4) is 0 Å². The quantitative estimate of drug-likeness (QED) is 0.863. The average molecular weight is 328 g/mol. The van der Waals surface area contributed by atoms with Crippen molar-refractivity contribution in [2.24, 2.45) is 7.05 Å². The van der Waals surface area contributed by atoms with Crippen LogP contribution in [0.4, 0.5) is 0 Å². The molecule has 1 saturated heterocycles. The van der Waals surface area contributed by atoms with Gasteiger partial charge in [-0.2, -0.15) is 0 Å². The highest BCUT2D eigenvalue weighted by molar-refractivity contribution is 9.10. The van der Waals surface area contributed by atoms with Gasteiger partial charge in [0.2, 0.25) is 0 Å². The van der Waals surface area contributed by atoms with E-state index in [4.69, 9.17) is 13.9 Å². The van der Waals surface area contributed by atoms with Crippen LogP contribution in [0, 0.1) is 0 Å². The maximum absolute atomic E-state index is 5.77. The number of aromatic nitrogens is 3. The minimum atomic E-state index is -0.604. The third kappa shape index (κ3) is 2.11. The largest absolute Gasteiger partial charge is 0.416 e. The van der Waals surface area contributed by atoms with Crippen molar-refractivity contribution < 1.29 is 13.9 Å². The Kier molecular flexibility index (Phi) is 3.20. The first-order valence-corrected chi connectivity index (χ1v) is 6.73. The van der Waals surface area contributed by atoms with Crippen molar-refractivity contribution in [3.05, 3.63) is 22.6 Å². The molecule has 2 aromatic rings. The van der Waals surface area contributed by atoms with Gasteiger partial charge < -0.3 is 18.5 Å². The van der Waals surface area contributed by atoms with Crippen LogP contribution >= 0.6 is 15.9 Å². The van der Waals surface area contributed by atoms with E-state index in [0.717, 1.165) is 16.6 Å². The molecule has 0 bridgehead atoms. The Morgan fingerprint density at radius 3 is 2.89 bits per heavy atom. The van der Waals surface area contributed by atoms with Crippen LogP contribution in [0.2, 0.25) is 0 Å². The molecule has 3 heterocycles. The van der Waals surface area contributed by atoms with Crippen molar-refractivity contribution >= 4 is 15.9 Å². The summed E-state index contributed by atoms with van der Waals surface area (Å²) in [5.41, 5.74) is 0.254. The Labute approximate surface area is 118 Å². The van der Waals surface area contributed by atoms with Crippen LogP contribution in [0.15, 0.2) is 21.2 Å². The van der Waals surface area contributed by atoms with Crippen LogP contribution < -0.4 is 0 Å². The molecule has 0 amide bonds. The number of hydrogen-bond donors (Lipinski definition) is 0. The lowest BCUT2D eigenvalue weighted by Gasteiger charge is -2.20. The molecule has 3 rings (SSSR count). The predicted molar refractivity (Wildman–Crippen MR) is 70.5 cm³/mol. The average Bonchev–Trinajstić information content (AvgIpc) is 3.08. The van der Waals surface area contributed by atoms with E-state index in [1.165, 1.54) is 0 Å². The number of halogens is 1. The van der Waals surface area contributed by atoms with Gasteiger partial charge >= 0.3 is 0 Å². The van der Waals surface area contributed by atoms with E-state index >= 15 is 0 Å². The molecule has 1 atom stereocenters. The molecule has 0 radical (unpaired) electrons. The highest BCUT2D eigenvalue weighted by Gasteiger charge is 2.42. The number of hydrogen-bond acceptors (Lipinski definition) is 5. The topological polar surface area (TPSA) is 62.3 Å². The molecule has 1 fully saturated rings. The van der Waals surface area contributed by atoms with Crippen LogP contribution in [0.25, 0.3) is 11.6 Å². The standard InChI is InChI=1S/C12H14BrN3O3/c1-16-6-8(13)5-9(16)10-14-15-11(19-10)12(17-2)3-4-18-7-12/h5-6H,3-4,7H2,1-2H3. The van der Waals surface area contributed by atoms with Gasteiger partial charge in [0.05, 0.1) is 13.2 Å². The van der Waals surface area contributed by atoms with Gasteiger partial charge in [-0.1, -0.05) is 0 Å². The summed E-state index contributed by atoms with van der Waals surface area (Å²) in [6.45, 7) is 1.09. The fourth-order valence-electron chi connectivity index (χ4n) is 2.21. The molecule has 0 aromatic carbocycles. The van der Waals surface area contributed by atoms with Crippen molar-refractivity contribution in [3.63, 3.8) is 0 Å². The van der Waals surface area contributed by atoms with Gasteiger partial charge in [0.15, 0.2) is 5.60 Å². The molecular weight excluding hydrogens is 314 g/mol. The highest BCUT2D eigenvalue weighted by Crippen LogP contribution is 2.34. The maximum Gasteiger partial charge on any atom is 0.264 e. The van der Waals surface area contributed by atoms with Crippen molar-refractivity contribution in [2.45, 2.75) is 12.0 Å². The fourth-order valence-corrected chi connectivity index (χ4v) is 2.73. The molecule has 1 aliphatic rings. The van der Waals surface area contributed by atoms with Gasteiger partial charge in [0.1, 0.15) is 5.69 Å². The van der Waals surface area contributed by atoms with Crippen molar-refractivity contribution in [2.75, 3.05) is 20.3 Å². The summed E-state index contributed by atoms with van der Waals surface area (Å²) in [5, 5.41) is 8.22. The summed E-state index contributed by atoms with van der Waals surface area (Å²) < 4.78 is 19.6. The fraction of sp³-hybridized carbons (Fsp3) is 0.500. The molecular formula is C12H14BrN3O3. The summed E-state index contributed by atoms with van der Waals surface area (Å²) in [4.78, 5) is 0. The van der Waals surface area contributed by atoms with E-state index in [0.29, 0.717) is 25.0 Å². The molecule has 0 aliphatic carbocycles. The number of nitrogens with zero attached hydrogens (tertiary/aromatic N) is 3. The lowest BCUT2D eigenvalue weighted by molar-refractivity contribution is -0.0407. The normalized spacial score (nSPS) is 23.1. The van der Waals surface area contributed by atoms with Crippen LogP contribution in [0.5, 0.6) is 0 Å². The summed E-state index contributed by atoms with van der Waals surface area (Å²) in [6.07, 6.45) is 2.66. The minimum absolute atomic E-state index is 0.446. The highest BCUT2D eigenvalue weighted by atomic mass is 79.9. The lowest BCUT2D eigenvalue weighted by Crippen LogP contribution is -2.29. The third-order valence-electron chi connectivity index (χ3n) is 3.38. The van der Waals surface area contributed by atoms with E-state index in [1.54, 1.807) is 7.11 Å². The summed E-state index contributed by atoms with van der Waals surface area (Å²) in [6, 6.07) is 1.93. The minimum Gasteiger partial charge on any atom is -0.416 e. The Morgan fingerprint density at radius 2 is 2.32 bits per heavy atom. The Balaban J connectivity index is 1.97. The first kappa shape index (κ1) is 12.8. The second-order valence-corrected chi connectivity index (χ2v) is 5.48. The molecule has 1 aliphatic heterocycles. The Hall–Kier alpha value is -1.18. The molecule has 19 heavy (non-hydrogen) atoms. The lowest BCUT2D eigenvalue weighted by atomic mass is 10.0. The Morgan fingerprint density at radius 1 is 1.47 bits per heavy atom. The van der Waals surface area contributed by atoms with Crippen molar-refractivity contribution in [3.8, 4) is 11.6 Å². The molecule has 102 valence electrons. The van der Waals surface area contributed by atoms with Gasteiger partial charge in [-0.15, -0.1) is 10.2 Å². The van der Waals surface area contributed by atoms with E-state index in [1.807, 2.05) is 23.9 Å². The van der Waals surface area contributed by atoms with Crippen LogP contribution in [-0.2, 0) is 22.1 Å². The molecule has 6 nitrogen and oxygen atoms in total. The van der Waals surface area contributed by atoms with Crippen molar-refractivity contribution in [1.29, 1.82) is 0 Å². The van der Waals surface area contributed by atoms with E-state index in [-0.39, 0.29) is 0 Å². The number of ether oxygens (including phenoxy) is 2. The first-order valence-electron chi connectivity index (χ1n) is 5.94. The molecule has 0 saturated carbocycles. The maximum atomic E-state index is 5.77. The van der Waals surface area contributed by atoms with E-state index in [2.05, 4.69) is 26.1 Å². The molecule has 1 unspecified atom stereocenters. The monoisotopic (exact) mass is 327 g/mol. The van der Waals surface area contributed by atoms with Gasteiger partial charge in [-0.05, 0) is 22.0 Å². The zero-order chi connectivity index (χ0) is 13.5. The molecule has 0 spiro atoms. The molecule has 0 N–H and O–H groups in total.